The van der Waals surface area contributed by atoms with E-state index in [-0.39, 0.29) is 18.4 Å². The summed E-state index contributed by atoms with van der Waals surface area (Å²) in [6, 6.07) is 16.3. The Bertz CT molecular complexity index is 1060. The van der Waals surface area contributed by atoms with E-state index in [9.17, 15) is 9.59 Å². The van der Waals surface area contributed by atoms with E-state index in [1.165, 1.54) is 6.07 Å². The zero-order valence-corrected chi connectivity index (χ0v) is 15.6. The number of fused-ring (bicyclic) bond motifs is 1. The molecule has 1 aliphatic heterocycles. The van der Waals surface area contributed by atoms with Crippen molar-refractivity contribution in [3.05, 3.63) is 70.6 Å². The molecule has 0 aliphatic carbocycles. The summed E-state index contributed by atoms with van der Waals surface area (Å²) in [7, 11) is 1.66. The first-order valence-corrected chi connectivity index (χ1v) is 9.22. The molecule has 1 saturated heterocycles. The van der Waals surface area contributed by atoms with Crippen molar-refractivity contribution in [2.75, 3.05) is 26.8 Å². The molecule has 1 fully saturated rings. The van der Waals surface area contributed by atoms with Crippen LogP contribution in [-0.4, -0.2) is 37.6 Å². The molecule has 0 saturated carbocycles. The average Bonchev–Trinajstić information content (AvgIpc) is 3.21. The van der Waals surface area contributed by atoms with E-state index in [2.05, 4.69) is 0 Å². The van der Waals surface area contributed by atoms with Crippen molar-refractivity contribution >= 4 is 16.9 Å². The van der Waals surface area contributed by atoms with Crippen molar-refractivity contribution in [2.24, 2.45) is 0 Å². The van der Waals surface area contributed by atoms with Crippen LogP contribution in [0.3, 0.4) is 0 Å². The molecule has 2 aromatic carbocycles. The lowest BCUT2D eigenvalue weighted by Gasteiger charge is -2.18. The quantitative estimate of drug-likeness (QED) is 0.637. The van der Waals surface area contributed by atoms with Gasteiger partial charge in [-0.15, -0.1) is 0 Å². The summed E-state index contributed by atoms with van der Waals surface area (Å²) in [5, 5.41) is 0.670. The number of hydrogen-bond acceptors (Lipinski definition) is 5. The van der Waals surface area contributed by atoms with Gasteiger partial charge in [-0.1, -0.05) is 30.3 Å². The predicted octanol–water partition coefficient (Wildman–Crippen LogP) is 3.20. The SMILES string of the molecule is COc1ccccc1[C@H]1CCN(C(=O)COc2cc(=O)oc3ccccc23)C1. The summed E-state index contributed by atoms with van der Waals surface area (Å²) in [4.78, 5) is 26.1. The second-order valence-electron chi connectivity index (χ2n) is 6.78. The summed E-state index contributed by atoms with van der Waals surface area (Å²) in [6.45, 7) is 1.18. The normalized spacial score (nSPS) is 16.3. The highest BCUT2D eigenvalue weighted by Gasteiger charge is 2.29. The first-order valence-electron chi connectivity index (χ1n) is 9.22. The molecule has 2 heterocycles. The van der Waals surface area contributed by atoms with Crippen LogP contribution in [0, 0.1) is 0 Å². The van der Waals surface area contributed by atoms with E-state index in [4.69, 9.17) is 13.9 Å². The van der Waals surface area contributed by atoms with Crippen molar-refractivity contribution in [3.63, 3.8) is 0 Å². The number of para-hydroxylation sites is 2. The Morgan fingerprint density at radius 2 is 1.93 bits per heavy atom. The smallest absolute Gasteiger partial charge is 0.339 e. The standard InChI is InChI=1S/C22H21NO5/c1-26-18-8-4-2-6-16(18)15-10-11-23(13-15)21(24)14-27-20-12-22(25)28-19-9-5-3-7-17(19)20/h2-9,12,15H,10-11,13-14H2,1H3/t15-/m0/s1. The van der Waals surface area contributed by atoms with E-state index in [1.807, 2.05) is 30.3 Å². The first-order chi connectivity index (χ1) is 13.7. The van der Waals surface area contributed by atoms with Gasteiger partial charge in [0.25, 0.3) is 5.91 Å². The first kappa shape index (κ1) is 18.1. The van der Waals surface area contributed by atoms with Crippen LogP contribution in [0.4, 0.5) is 0 Å². The number of carbonyl (C=O) groups excluding carboxylic acids is 1. The van der Waals surface area contributed by atoms with Crippen LogP contribution >= 0.6 is 0 Å². The Labute approximate surface area is 162 Å². The predicted molar refractivity (Wildman–Crippen MR) is 105 cm³/mol. The maximum atomic E-state index is 12.6. The highest BCUT2D eigenvalue weighted by Crippen LogP contribution is 2.33. The molecule has 1 atom stereocenters. The molecule has 0 N–H and O–H groups in total. The van der Waals surface area contributed by atoms with E-state index in [0.717, 1.165) is 17.7 Å². The minimum atomic E-state index is -0.501. The van der Waals surface area contributed by atoms with Gasteiger partial charge < -0.3 is 18.8 Å². The summed E-state index contributed by atoms with van der Waals surface area (Å²) in [5.74, 6) is 1.35. The number of likely N-dealkylation sites (tertiary alicyclic amines) is 1. The summed E-state index contributed by atoms with van der Waals surface area (Å²) >= 11 is 0. The van der Waals surface area contributed by atoms with E-state index >= 15 is 0 Å². The lowest BCUT2D eigenvalue weighted by atomic mass is 9.97. The van der Waals surface area contributed by atoms with Gasteiger partial charge in [0.05, 0.1) is 18.6 Å². The second-order valence-corrected chi connectivity index (χ2v) is 6.78. The number of carbonyl (C=O) groups is 1. The molecule has 6 heteroatoms. The van der Waals surface area contributed by atoms with Gasteiger partial charge in [0.2, 0.25) is 0 Å². The molecule has 6 nitrogen and oxygen atoms in total. The zero-order valence-electron chi connectivity index (χ0n) is 15.6. The van der Waals surface area contributed by atoms with Crippen molar-refractivity contribution in [1.29, 1.82) is 0 Å². The number of nitrogens with zero attached hydrogens (tertiary/aromatic N) is 1. The fourth-order valence-electron chi connectivity index (χ4n) is 3.68. The molecular formula is C22H21NO5. The van der Waals surface area contributed by atoms with Gasteiger partial charge >= 0.3 is 5.63 Å². The Kier molecular flexibility index (Phi) is 5.02. The van der Waals surface area contributed by atoms with Crippen LogP contribution in [-0.2, 0) is 4.79 Å². The van der Waals surface area contributed by atoms with Gasteiger partial charge in [-0.2, -0.15) is 0 Å². The molecule has 1 amide bonds. The third-order valence-electron chi connectivity index (χ3n) is 5.08. The van der Waals surface area contributed by atoms with Gasteiger partial charge in [-0.05, 0) is 30.2 Å². The molecule has 3 aromatic rings. The third kappa shape index (κ3) is 3.58. The third-order valence-corrected chi connectivity index (χ3v) is 5.08. The molecule has 0 bridgehead atoms. The number of rotatable bonds is 5. The Morgan fingerprint density at radius 3 is 2.79 bits per heavy atom. The van der Waals surface area contributed by atoms with Gasteiger partial charge in [0.1, 0.15) is 17.1 Å². The minimum Gasteiger partial charge on any atom is -0.496 e. The zero-order chi connectivity index (χ0) is 19.5. The molecule has 28 heavy (non-hydrogen) atoms. The van der Waals surface area contributed by atoms with Crippen LogP contribution in [0.2, 0.25) is 0 Å². The van der Waals surface area contributed by atoms with E-state index in [0.29, 0.717) is 29.8 Å². The van der Waals surface area contributed by atoms with Crippen molar-refractivity contribution in [1.82, 2.24) is 4.90 Å². The lowest BCUT2D eigenvalue weighted by molar-refractivity contribution is -0.132. The molecule has 0 unspecified atom stereocenters. The second kappa shape index (κ2) is 7.76. The molecule has 1 aliphatic rings. The van der Waals surface area contributed by atoms with Crippen LogP contribution in [0.25, 0.3) is 11.0 Å². The van der Waals surface area contributed by atoms with E-state index < -0.39 is 5.63 Å². The highest BCUT2D eigenvalue weighted by atomic mass is 16.5. The van der Waals surface area contributed by atoms with Crippen LogP contribution < -0.4 is 15.1 Å². The van der Waals surface area contributed by atoms with Crippen LogP contribution in [0.1, 0.15) is 17.9 Å². The highest BCUT2D eigenvalue weighted by molar-refractivity contribution is 5.84. The van der Waals surface area contributed by atoms with Gasteiger partial charge in [-0.25, -0.2) is 4.79 Å². The number of benzene rings is 2. The van der Waals surface area contributed by atoms with Crippen LogP contribution in [0.5, 0.6) is 11.5 Å². The Morgan fingerprint density at radius 1 is 1.14 bits per heavy atom. The number of hydrogen-bond donors (Lipinski definition) is 0. The Hall–Kier alpha value is -3.28. The minimum absolute atomic E-state index is 0.102. The van der Waals surface area contributed by atoms with Crippen molar-refractivity contribution in [2.45, 2.75) is 12.3 Å². The maximum Gasteiger partial charge on any atom is 0.339 e. The number of amides is 1. The number of ether oxygens (including phenoxy) is 2. The fraction of sp³-hybridized carbons (Fsp3) is 0.273. The molecule has 0 spiro atoms. The average molecular weight is 379 g/mol. The lowest BCUT2D eigenvalue weighted by Crippen LogP contribution is -2.33. The molecular weight excluding hydrogens is 358 g/mol. The summed E-state index contributed by atoms with van der Waals surface area (Å²) < 4.78 is 16.3. The van der Waals surface area contributed by atoms with Gasteiger partial charge in [-0.3, -0.25) is 4.79 Å². The maximum absolute atomic E-state index is 12.6. The van der Waals surface area contributed by atoms with Crippen LogP contribution in [0.15, 0.2) is 63.8 Å². The summed E-state index contributed by atoms with van der Waals surface area (Å²) in [5.41, 5.74) is 1.06. The van der Waals surface area contributed by atoms with E-state index in [1.54, 1.807) is 30.2 Å². The number of methoxy groups -OCH3 is 1. The van der Waals surface area contributed by atoms with Gasteiger partial charge in [0.15, 0.2) is 6.61 Å². The molecule has 144 valence electrons. The Balaban J connectivity index is 1.44. The molecule has 1 aromatic heterocycles. The van der Waals surface area contributed by atoms with Crippen molar-refractivity contribution in [3.8, 4) is 11.5 Å². The summed E-state index contributed by atoms with van der Waals surface area (Å²) in [6.07, 6.45) is 0.879. The van der Waals surface area contributed by atoms with Crippen molar-refractivity contribution < 1.29 is 18.7 Å². The monoisotopic (exact) mass is 379 g/mol. The molecule has 4 rings (SSSR count). The fourth-order valence-corrected chi connectivity index (χ4v) is 3.68. The van der Waals surface area contributed by atoms with Gasteiger partial charge in [0, 0.05) is 19.0 Å². The molecule has 0 radical (unpaired) electrons. The largest absolute Gasteiger partial charge is 0.496 e. The topological polar surface area (TPSA) is 69.0 Å².